The number of nitrogens with one attached hydrogen (secondary N) is 1. The van der Waals surface area contributed by atoms with Crippen LogP contribution in [0.25, 0.3) is 0 Å². The van der Waals surface area contributed by atoms with E-state index in [1.54, 1.807) is 11.1 Å². The van der Waals surface area contributed by atoms with E-state index >= 15 is 0 Å². The van der Waals surface area contributed by atoms with Crippen LogP contribution in [0.5, 0.6) is 0 Å². The first-order valence-electron chi connectivity index (χ1n) is 6.43. The standard InChI is InChI=1S/C13H20N4O/c1-4-15-12-7-14-6-11(16-12)13(18)17(3)8-10-5-9(10)2/h6-7,9-10H,4-5,8H2,1-3H3,(H,15,16). The summed E-state index contributed by atoms with van der Waals surface area (Å²) in [5.74, 6) is 2.00. The Morgan fingerprint density at radius 2 is 2.28 bits per heavy atom. The Balaban J connectivity index is 2.00. The summed E-state index contributed by atoms with van der Waals surface area (Å²) in [6.07, 6.45) is 4.37. The summed E-state index contributed by atoms with van der Waals surface area (Å²) in [6.45, 7) is 5.78. The highest BCUT2D eigenvalue weighted by Gasteiger charge is 2.34. The molecule has 98 valence electrons. The van der Waals surface area contributed by atoms with Crippen molar-refractivity contribution in [2.75, 3.05) is 25.5 Å². The average Bonchev–Trinajstić information content (AvgIpc) is 3.04. The van der Waals surface area contributed by atoms with Crippen LogP contribution in [-0.2, 0) is 0 Å². The molecule has 1 aromatic heterocycles. The number of anilines is 1. The monoisotopic (exact) mass is 248 g/mol. The number of amides is 1. The van der Waals surface area contributed by atoms with E-state index in [4.69, 9.17) is 0 Å². The highest BCUT2D eigenvalue weighted by molar-refractivity contribution is 5.92. The smallest absolute Gasteiger partial charge is 0.273 e. The van der Waals surface area contributed by atoms with Crippen LogP contribution in [0.2, 0.25) is 0 Å². The molecule has 2 rings (SSSR count). The van der Waals surface area contributed by atoms with Crippen molar-refractivity contribution in [2.45, 2.75) is 20.3 Å². The molecule has 0 aromatic carbocycles. The largest absolute Gasteiger partial charge is 0.369 e. The summed E-state index contributed by atoms with van der Waals surface area (Å²) < 4.78 is 0. The summed E-state index contributed by atoms with van der Waals surface area (Å²) in [6, 6.07) is 0. The van der Waals surface area contributed by atoms with E-state index in [-0.39, 0.29) is 5.91 Å². The zero-order valence-corrected chi connectivity index (χ0v) is 11.2. The molecule has 1 aliphatic rings. The minimum atomic E-state index is -0.0543. The van der Waals surface area contributed by atoms with E-state index in [0.717, 1.165) is 19.0 Å². The van der Waals surface area contributed by atoms with Gasteiger partial charge in [-0.05, 0) is 25.2 Å². The second-order valence-corrected chi connectivity index (χ2v) is 4.98. The first kappa shape index (κ1) is 12.8. The van der Waals surface area contributed by atoms with Crippen LogP contribution in [0, 0.1) is 11.8 Å². The topological polar surface area (TPSA) is 58.1 Å². The quantitative estimate of drug-likeness (QED) is 0.860. The number of carbonyl (C=O) groups excluding carboxylic acids is 1. The molecule has 2 unspecified atom stereocenters. The first-order valence-corrected chi connectivity index (χ1v) is 6.43. The lowest BCUT2D eigenvalue weighted by Crippen LogP contribution is -2.30. The van der Waals surface area contributed by atoms with Crippen LogP contribution < -0.4 is 5.32 Å². The van der Waals surface area contributed by atoms with Crippen LogP contribution in [0.3, 0.4) is 0 Å². The maximum absolute atomic E-state index is 12.2. The molecule has 1 aromatic rings. The van der Waals surface area contributed by atoms with Gasteiger partial charge in [0, 0.05) is 20.1 Å². The normalized spacial score (nSPS) is 21.5. The molecule has 18 heavy (non-hydrogen) atoms. The van der Waals surface area contributed by atoms with E-state index < -0.39 is 0 Å². The fraction of sp³-hybridized carbons (Fsp3) is 0.615. The lowest BCUT2D eigenvalue weighted by atomic mass is 10.3. The van der Waals surface area contributed by atoms with Gasteiger partial charge in [0.1, 0.15) is 11.5 Å². The molecule has 5 heteroatoms. The number of hydrogen-bond donors (Lipinski definition) is 1. The Labute approximate surface area is 108 Å². The molecule has 1 amide bonds. The van der Waals surface area contributed by atoms with Crippen molar-refractivity contribution in [1.82, 2.24) is 14.9 Å². The molecule has 0 bridgehead atoms. The van der Waals surface area contributed by atoms with Gasteiger partial charge in [0.2, 0.25) is 0 Å². The Bertz CT molecular complexity index is 435. The zero-order valence-electron chi connectivity index (χ0n) is 11.2. The molecular weight excluding hydrogens is 228 g/mol. The van der Waals surface area contributed by atoms with Gasteiger partial charge in [0.25, 0.3) is 5.91 Å². The number of rotatable bonds is 5. The third-order valence-corrected chi connectivity index (χ3v) is 3.34. The molecule has 1 fully saturated rings. The third-order valence-electron chi connectivity index (χ3n) is 3.34. The lowest BCUT2D eigenvalue weighted by Gasteiger charge is -2.16. The van der Waals surface area contributed by atoms with Gasteiger partial charge in [0.05, 0.1) is 12.4 Å². The summed E-state index contributed by atoms with van der Waals surface area (Å²) >= 11 is 0. The van der Waals surface area contributed by atoms with Crippen LogP contribution in [0.15, 0.2) is 12.4 Å². The molecule has 1 N–H and O–H groups in total. The summed E-state index contributed by atoms with van der Waals surface area (Å²) in [4.78, 5) is 22.2. The molecule has 5 nitrogen and oxygen atoms in total. The summed E-state index contributed by atoms with van der Waals surface area (Å²) in [7, 11) is 1.83. The molecule has 0 spiro atoms. The van der Waals surface area contributed by atoms with Crippen LogP contribution in [-0.4, -0.2) is 40.9 Å². The van der Waals surface area contributed by atoms with E-state index in [2.05, 4.69) is 22.2 Å². The summed E-state index contributed by atoms with van der Waals surface area (Å²) in [5, 5.41) is 3.06. The van der Waals surface area contributed by atoms with Gasteiger partial charge >= 0.3 is 0 Å². The number of aromatic nitrogens is 2. The fourth-order valence-electron chi connectivity index (χ4n) is 2.02. The van der Waals surface area contributed by atoms with Crippen LogP contribution >= 0.6 is 0 Å². The van der Waals surface area contributed by atoms with E-state index in [1.807, 2.05) is 14.0 Å². The Morgan fingerprint density at radius 3 is 2.89 bits per heavy atom. The van der Waals surface area contributed by atoms with Crippen molar-refractivity contribution in [3.63, 3.8) is 0 Å². The van der Waals surface area contributed by atoms with E-state index in [0.29, 0.717) is 17.4 Å². The second kappa shape index (κ2) is 5.33. The number of carbonyl (C=O) groups is 1. The minimum Gasteiger partial charge on any atom is -0.369 e. The van der Waals surface area contributed by atoms with Gasteiger partial charge in [-0.1, -0.05) is 6.92 Å². The zero-order chi connectivity index (χ0) is 13.1. The molecular formula is C13H20N4O. The van der Waals surface area contributed by atoms with E-state index in [1.165, 1.54) is 12.6 Å². The first-order chi connectivity index (χ1) is 8.61. The predicted molar refractivity (Wildman–Crippen MR) is 70.4 cm³/mol. The SMILES string of the molecule is CCNc1cncc(C(=O)N(C)CC2CC2C)n1. The molecule has 0 saturated heterocycles. The van der Waals surface area contributed by atoms with E-state index in [9.17, 15) is 4.79 Å². The Morgan fingerprint density at radius 1 is 1.56 bits per heavy atom. The fourth-order valence-corrected chi connectivity index (χ4v) is 2.02. The van der Waals surface area contributed by atoms with Crippen molar-refractivity contribution < 1.29 is 4.79 Å². The molecule has 2 atom stereocenters. The summed E-state index contributed by atoms with van der Waals surface area (Å²) in [5.41, 5.74) is 0.407. The van der Waals surface area contributed by atoms with Gasteiger partial charge in [-0.25, -0.2) is 4.98 Å². The highest BCUT2D eigenvalue weighted by Crippen LogP contribution is 2.38. The predicted octanol–water partition coefficient (Wildman–Crippen LogP) is 1.64. The van der Waals surface area contributed by atoms with Crippen molar-refractivity contribution in [3.8, 4) is 0 Å². The Hall–Kier alpha value is -1.65. The molecule has 1 saturated carbocycles. The third kappa shape index (κ3) is 2.97. The molecule has 0 aliphatic heterocycles. The number of hydrogen-bond acceptors (Lipinski definition) is 4. The average molecular weight is 248 g/mol. The van der Waals surface area contributed by atoms with Crippen molar-refractivity contribution >= 4 is 11.7 Å². The maximum atomic E-state index is 12.2. The van der Waals surface area contributed by atoms with Crippen molar-refractivity contribution in [2.24, 2.45) is 11.8 Å². The minimum absolute atomic E-state index is 0.0543. The highest BCUT2D eigenvalue weighted by atomic mass is 16.2. The van der Waals surface area contributed by atoms with Gasteiger partial charge in [-0.3, -0.25) is 9.78 Å². The number of nitrogens with zero attached hydrogens (tertiary/aromatic N) is 3. The maximum Gasteiger partial charge on any atom is 0.273 e. The van der Waals surface area contributed by atoms with Gasteiger partial charge in [0.15, 0.2) is 0 Å². The van der Waals surface area contributed by atoms with Gasteiger partial charge in [-0.15, -0.1) is 0 Å². The lowest BCUT2D eigenvalue weighted by molar-refractivity contribution is 0.0781. The Kier molecular flexibility index (Phi) is 3.79. The van der Waals surface area contributed by atoms with Crippen LogP contribution in [0.4, 0.5) is 5.82 Å². The van der Waals surface area contributed by atoms with Gasteiger partial charge in [-0.2, -0.15) is 0 Å². The molecule has 0 radical (unpaired) electrons. The van der Waals surface area contributed by atoms with Crippen molar-refractivity contribution in [3.05, 3.63) is 18.1 Å². The molecule has 1 heterocycles. The van der Waals surface area contributed by atoms with Crippen molar-refractivity contribution in [1.29, 1.82) is 0 Å². The molecule has 1 aliphatic carbocycles. The second-order valence-electron chi connectivity index (χ2n) is 4.98. The van der Waals surface area contributed by atoms with Gasteiger partial charge < -0.3 is 10.2 Å². The van der Waals surface area contributed by atoms with Crippen LogP contribution in [0.1, 0.15) is 30.8 Å².